The Morgan fingerprint density at radius 2 is 1.76 bits per heavy atom. The van der Waals surface area contributed by atoms with Crippen molar-refractivity contribution in [3.8, 4) is 11.5 Å². The molecule has 0 spiro atoms. The largest absolute Gasteiger partial charge is 0.467 e. The van der Waals surface area contributed by atoms with Gasteiger partial charge >= 0.3 is 0 Å². The number of ether oxygens (including phenoxy) is 1. The molecule has 5 rings (SSSR count). The van der Waals surface area contributed by atoms with Crippen LogP contribution in [0.5, 0.6) is 11.5 Å². The molecule has 9 heteroatoms. The molecule has 1 amide bonds. The van der Waals surface area contributed by atoms with Gasteiger partial charge in [-0.05, 0) is 65.9 Å². The van der Waals surface area contributed by atoms with Crippen molar-refractivity contribution in [2.45, 2.75) is 6.54 Å². The molecule has 0 saturated carbocycles. The van der Waals surface area contributed by atoms with Crippen molar-refractivity contribution in [2.75, 3.05) is 0 Å². The van der Waals surface area contributed by atoms with E-state index in [9.17, 15) is 4.79 Å². The number of para-hydroxylation sites is 1. The Labute approximate surface area is 227 Å². The van der Waals surface area contributed by atoms with E-state index in [2.05, 4.69) is 10.2 Å². The molecule has 0 radical (unpaired) electrons. The predicted octanol–water partition coefficient (Wildman–Crippen LogP) is 7.89. The van der Waals surface area contributed by atoms with Crippen LogP contribution in [0.1, 0.15) is 16.9 Å². The maximum absolute atomic E-state index is 13.3. The number of amidine groups is 1. The van der Waals surface area contributed by atoms with Crippen molar-refractivity contribution in [3.63, 3.8) is 0 Å². The minimum absolute atomic E-state index is 0.203. The Morgan fingerprint density at radius 3 is 2.57 bits per heavy atom. The third kappa shape index (κ3) is 6.14. The lowest BCUT2D eigenvalue weighted by Gasteiger charge is -2.12. The first kappa shape index (κ1) is 24.9. The molecule has 1 aliphatic rings. The fourth-order valence-corrected chi connectivity index (χ4v) is 4.78. The van der Waals surface area contributed by atoms with Crippen LogP contribution in [0.25, 0.3) is 6.08 Å². The van der Waals surface area contributed by atoms with Crippen LogP contribution in [0.4, 0.5) is 0 Å². The molecule has 0 unspecified atom stereocenters. The molecule has 184 valence electrons. The standard InChI is InChI=1S/C28H19Cl2N3O3S/c29-24-13-5-8-20(26(24)30)17-31-32-28-33(18-23-12-6-14-35-23)27(34)25(37-28)16-19-7-4-11-22(15-19)36-21-9-2-1-3-10-21/h1-17H,18H2/b25-16-,31-17+,32-28-. The molecule has 0 N–H and O–H groups in total. The number of carbonyl (C=O) groups is 1. The zero-order chi connectivity index (χ0) is 25.6. The van der Waals surface area contributed by atoms with E-state index in [-0.39, 0.29) is 12.5 Å². The Kier molecular flexibility index (Phi) is 7.75. The smallest absolute Gasteiger partial charge is 0.267 e. The highest BCUT2D eigenvalue weighted by atomic mass is 35.5. The maximum atomic E-state index is 13.3. The van der Waals surface area contributed by atoms with Crippen molar-refractivity contribution in [1.29, 1.82) is 0 Å². The molecule has 1 aliphatic heterocycles. The van der Waals surface area contributed by atoms with E-state index in [1.165, 1.54) is 22.9 Å². The summed E-state index contributed by atoms with van der Waals surface area (Å²) in [5.74, 6) is 1.82. The molecule has 3 aromatic carbocycles. The second-order valence-electron chi connectivity index (χ2n) is 7.84. The lowest BCUT2D eigenvalue weighted by atomic mass is 10.2. The number of amides is 1. The SMILES string of the molecule is O=C1/C(=C/c2cccc(Oc3ccccc3)c2)S/C(=N\N=C\c2cccc(Cl)c2Cl)N1Cc1ccco1. The van der Waals surface area contributed by atoms with Gasteiger partial charge in [0.1, 0.15) is 17.3 Å². The summed E-state index contributed by atoms with van der Waals surface area (Å²) in [6.45, 7) is 0.222. The van der Waals surface area contributed by atoms with Gasteiger partial charge in [-0.3, -0.25) is 9.69 Å². The van der Waals surface area contributed by atoms with Crippen LogP contribution in [-0.4, -0.2) is 22.2 Å². The number of carbonyl (C=O) groups excluding carboxylic acids is 1. The van der Waals surface area contributed by atoms with E-state index in [4.69, 9.17) is 32.4 Å². The molecule has 6 nitrogen and oxygen atoms in total. The number of benzene rings is 3. The molecular weight excluding hydrogens is 529 g/mol. The van der Waals surface area contributed by atoms with Gasteiger partial charge in [0.15, 0.2) is 5.17 Å². The van der Waals surface area contributed by atoms with E-state index in [1.54, 1.807) is 42.7 Å². The zero-order valence-electron chi connectivity index (χ0n) is 19.3. The monoisotopic (exact) mass is 547 g/mol. The van der Waals surface area contributed by atoms with Crippen LogP contribution >= 0.6 is 35.0 Å². The van der Waals surface area contributed by atoms with Crippen LogP contribution < -0.4 is 4.74 Å². The van der Waals surface area contributed by atoms with Crippen molar-refractivity contribution in [1.82, 2.24) is 4.90 Å². The maximum Gasteiger partial charge on any atom is 0.267 e. The second kappa shape index (κ2) is 11.5. The van der Waals surface area contributed by atoms with Crippen molar-refractivity contribution >= 4 is 58.3 Å². The highest BCUT2D eigenvalue weighted by Crippen LogP contribution is 2.34. The van der Waals surface area contributed by atoms with Gasteiger partial charge in [0.05, 0.1) is 34.0 Å². The van der Waals surface area contributed by atoms with Gasteiger partial charge < -0.3 is 9.15 Å². The lowest BCUT2D eigenvalue weighted by molar-refractivity contribution is -0.122. The highest BCUT2D eigenvalue weighted by Gasteiger charge is 2.34. The number of hydrogen-bond donors (Lipinski definition) is 0. The Balaban J connectivity index is 1.41. The minimum atomic E-state index is -0.203. The average Bonchev–Trinajstić information content (AvgIpc) is 3.52. The summed E-state index contributed by atoms with van der Waals surface area (Å²) < 4.78 is 11.4. The molecule has 0 atom stereocenters. The fraction of sp³-hybridized carbons (Fsp3) is 0.0357. The van der Waals surface area contributed by atoms with Gasteiger partial charge in [0.2, 0.25) is 0 Å². The topological polar surface area (TPSA) is 67.4 Å². The number of halogens is 2. The van der Waals surface area contributed by atoms with Crippen LogP contribution in [0.2, 0.25) is 10.0 Å². The molecule has 1 fully saturated rings. The number of thioether (sulfide) groups is 1. The van der Waals surface area contributed by atoms with E-state index < -0.39 is 0 Å². The molecular formula is C28H19Cl2N3O3S. The fourth-order valence-electron chi connectivity index (χ4n) is 3.48. The summed E-state index contributed by atoms with van der Waals surface area (Å²) in [6, 6.07) is 25.9. The molecule has 0 aliphatic carbocycles. The summed E-state index contributed by atoms with van der Waals surface area (Å²) >= 11 is 13.5. The molecule has 4 aromatic rings. The molecule has 37 heavy (non-hydrogen) atoms. The van der Waals surface area contributed by atoms with E-state index in [0.29, 0.717) is 37.2 Å². The Morgan fingerprint density at radius 1 is 0.946 bits per heavy atom. The van der Waals surface area contributed by atoms with Crippen molar-refractivity contribution in [2.24, 2.45) is 10.2 Å². The third-order valence-corrected chi connectivity index (χ3v) is 7.07. The first-order valence-corrected chi connectivity index (χ1v) is 12.8. The predicted molar refractivity (Wildman–Crippen MR) is 149 cm³/mol. The summed E-state index contributed by atoms with van der Waals surface area (Å²) in [4.78, 5) is 15.4. The second-order valence-corrected chi connectivity index (χ2v) is 9.63. The number of hydrogen-bond acceptors (Lipinski definition) is 6. The lowest BCUT2D eigenvalue weighted by Crippen LogP contribution is -2.28. The molecule has 1 aromatic heterocycles. The van der Waals surface area contributed by atoms with Crippen molar-refractivity contribution in [3.05, 3.63) is 123 Å². The summed E-state index contributed by atoms with van der Waals surface area (Å²) in [5.41, 5.74) is 1.44. The van der Waals surface area contributed by atoms with Crippen LogP contribution in [0, 0.1) is 0 Å². The summed E-state index contributed by atoms with van der Waals surface area (Å²) in [6.07, 6.45) is 4.87. The van der Waals surface area contributed by atoms with E-state index >= 15 is 0 Å². The first-order chi connectivity index (χ1) is 18.1. The average molecular weight is 548 g/mol. The third-order valence-electron chi connectivity index (χ3n) is 5.24. The van der Waals surface area contributed by atoms with Crippen LogP contribution in [0.3, 0.4) is 0 Å². The highest BCUT2D eigenvalue weighted by molar-refractivity contribution is 8.18. The van der Waals surface area contributed by atoms with Crippen LogP contribution in [0.15, 0.2) is 111 Å². The minimum Gasteiger partial charge on any atom is -0.467 e. The van der Waals surface area contributed by atoms with Crippen molar-refractivity contribution < 1.29 is 13.9 Å². The van der Waals surface area contributed by atoms with Gasteiger partial charge in [-0.25, -0.2) is 0 Å². The molecule has 0 bridgehead atoms. The molecule has 1 saturated heterocycles. The van der Waals surface area contributed by atoms with Gasteiger partial charge in [0.25, 0.3) is 5.91 Å². The number of rotatable bonds is 7. The summed E-state index contributed by atoms with van der Waals surface area (Å²) in [5, 5.41) is 9.70. The van der Waals surface area contributed by atoms with Gasteiger partial charge in [-0.1, -0.05) is 65.7 Å². The van der Waals surface area contributed by atoms with E-state index in [1.807, 2.05) is 54.6 Å². The summed E-state index contributed by atoms with van der Waals surface area (Å²) in [7, 11) is 0. The van der Waals surface area contributed by atoms with Gasteiger partial charge in [0, 0.05) is 5.56 Å². The van der Waals surface area contributed by atoms with Gasteiger partial charge in [-0.2, -0.15) is 5.10 Å². The van der Waals surface area contributed by atoms with Crippen LogP contribution in [-0.2, 0) is 11.3 Å². The molecule has 2 heterocycles. The van der Waals surface area contributed by atoms with Gasteiger partial charge in [-0.15, -0.1) is 5.10 Å². The van der Waals surface area contributed by atoms with E-state index in [0.717, 1.165) is 11.3 Å². The normalized spacial score (nSPS) is 15.8. The quantitative estimate of drug-likeness (QED) is 0.134. The Hall–Kier alpha value is -3.78. The zero-order valence-corrected chi connectivity index (χ0v) is 21.6. The Bertz CT molecular complexity index is 1500. The first-order valence-electron chi connectivity index (χ1n) is 11.2. The number of nitrogens with zero attached hydrogens (tertiary/aromatic N) is 3. The number of furan rings is 1.